The molecule has 158 valence electrons. The number of ether oxygens (including phenoxy) is 1. The number of rotatable bonds is 10. The van der Waals surface area contributed by atoms with Crippen LogP contribution in [0, 0.1) is 17.8 Å². The lowest BCUT2D eigenvalue weighted by Crippen LogP contribution is -2.40. The summed E-state index contributed by atoms with van der Waals surface area (Å²) in [7, 11) is -1.62. The molecule has 0 aromatic heterocycles. The van der Waals surface area contributed by atoms with Crippen molar-refractivity contribution >= 4 is 14.3 Å². The Kier molecular flexibility index (Phi) is 7.97. The lowest BCUT2D eigenvalue weighted by Gasteiger charge is -2.36. The van der Waals surface area contributed by atoms with Crippen molar-refractivity contribution < 1.29 is 19.1 Å². The highest BCUT2D eigenvalue weighted by molar-refractivity contribution is 6.74. The third-order valence-corrected chi connectivity index (χ3v) is 11.9. The van der Waals surface area contributed by atoms with E-state index in [1.54, 1.807) is 0 Å². The normalized spacial score (nSPS) is 29.7. The summed E-state index contributed by atoms with van der Waals surface area (Å²) in [5.74, 6) is 1.51. The Morgan fingerprint density at radius 3 is 2.59 bits per heavy atom. The monoisotopic (exact) mass is 398 g/mol. The number of fused-ring (bicyclic) bond motifs is 1. The summed E-state index contributed by atoms with van der Waals surface area (Å²) in [6.45, 7) is 14.5. The lowest BCUT2D eigenvalue weighted by molar-refractivity contribution is -0.141. The molecule has 0 aromatic rings. The van der Waals surface area contributed by atoms with Crippen LogP contribution in [0.15, 0.2) is 0 Å². The summed E-state index contributed by atoms with van der Waals surface area (Å²) in [5.41, 5.74) is 0. The highest BCUT2D eigenvalue weighted by Gasteiger charge is 2.47. The van der Waals surface area contributed by atoms with Crippen LogP contribution in [-0.2, 0) is 14.0 Å². The average molecular weight is 399 g/mol. The van der Waals surface area contributed by atoms with Crippen LogP contribution in [0.1, 0.15) is 79.1 Å². The molecule has 0 radical (unpaired) electrons. The van der Waals surface area contributed by atoms with Crippen LogP contribution in [0.25, 0.3) is 0 Å². The third kappa shape index (κ3) is 6.30. The second kappa shape index (κ2) is 9.40. The SMILES string of the molecule is C[C@@H]1C[C@@H]2OC(=O)C[C@@H]2[C@H]1CCC(O)CCCCCO[Si](C)(C)C(C)(C)C. The van der Waals surface area contributed by atoms with Gasteiger partial charge in [0.2, 0.25) is 0 Å². The van der Waals surface area contributed by atoms with E-state index in [2.05, 4.69) is 40.8 Å². The van der Waals surface area contributed by atoms with Crippen LogP contribution < -0.4 is 0 Å². The molecule has 2 fully saturated rings. The predicted octanol–water partition coefficient (Wildman–Crippen LogP) is 5.30. The van der Waals surface area contributed by atoms with Crippen molar-refractivity contribution in [2.45, 2.75) is 109 Å². The molecule has 5 atom stereocenters. The van der Waals surface area contributed by atoms with Gasteiger partial charge in [-0.15, -0.1) is 0 Å². The number of aliphatic hydroxyl groups excluding tert-OH is 1. The molecule has 1 saturated carbocycles. The van der Waals surface area contributed by atoms with Gasteiger partial charge >= 0.3 is 5.97 Å². The second-order valence-electron chi connectivity index (χ2n) is 10.5. The quantitative estimate of drug-likeness (QED) is 0.308. The van der Waals surface area contributed by atoms with E-state index < -0.39 is 8.32 Å². The summed E-state index contributed by atoms with van der Waals surface area (Å²) in [4.78, 5) is 11.5. The van der Waals surface area contributed by atoms with E-state index in [1.807, 2.05) is 0 Å². The van der Waals surface area contributed by atoms with Gasteiger partial charge in [-0.25, -0.2) is 0 Å². The molecule has 4 nitrogen and oxygen atoms in total. The van der Waals surface area contributed by atoms with Crippen molar-refractivity contribution in [3.8, 4) is 0 Å². The van der Waals surface area contributed by atoms with E-state index in [0.717, 1.165) is 51.6 Å². The van der Waals surface area contributed by atoms with Crippen LogP contribution in [0.5, 0.6) is 0 Å². The summed E-state index contributed by atoms with van der Waals surface area (Å²) in [6, 6.07) is 0. The minimum Gasteiger partial charge on any atom is -0.462 e. The zero-order valence-electron chi connectivity index (χ0n) is 18.4. The first-order chi connectivity index (χ1) is 12.5. The largest absolute Gasteiger partial charge is 0.462 e. The summed E-state index contributed by atoms with van der Waals surface area (Å²) >= 11 is 0. The van der Waals surface area contributed by atoms with Gasteiger partial charge in [0.05, 0.1) is 12.5 Å². The molecule has 1 saturated heterocycles. The molecule has 1 aliphatic carbocycles. The molecular formula is C22H42O4Si. The van der Waals surface area contributed by atoms with Gasteiger partial charge in [-0.1, -0.05) is 40.5 Å². The number of hydrogen-bond acceptors (Lipinski definition) is 4. The van der Waals surface area contributed by atoms with E-state index in [4.69, 9.17) is 9.16 Å². The Balaban J connectivity index is 1.56. The first-order valence-corrected chi connectivity index (χ1v) is 13.9. The molecule has 1 heterocycles. The number of carbonyl (C=O) groups excluding carboxylic acids is 1. The number of carbonyl (C=O) groups is 1. The molecule has 0 bridgehead atoms. The average Bonchev–Trinajstić information content (AvgIpc) is 3.02. The highest BCUT2D eigenvalue weighted by atomic mass is 28.4. The third-order valence-electron chi connectivity index (χ3n) is 7.33. The summed E-state index contributed by atoms with van der Waals surface area (Å²) in [5, 5.41) is 10.6. The molecule has 2 aliphatic rings. The molecule has 0 spiro atoms. The molecule has 27 heavy (non-hydrogen) atoms. The minimum absolute atomic E-state index is 0.0256. The number of hydrogen-bond donors (Lipinski definition) is 1. The van der Waals surface area contributed by atoms with Gasteiger partial charge in [0, 0.05) is 12.5 Å². The van der Waals surface area contributed by atoms with Crippen molar-refractivity contribution in [3.63, 3.8) is 0 Å². The van der Waals surface area contributed by atoms with Crippen LogP contribution in [0.2, 0.25) is 18.1 Å². The summed E-state index contributed by atoms with van der Waals surface area (Å²) < 4.78 is 11.6. The van der Waals surface area contributed by atoms with E-state index >= 15 is 0 Å². The highest BCUT2D eigenvalue weighted by Crippen LogP contribution is 2.46. The van der Waals surface area contributed by atoms with Crippen LogP contribution in [0.4, 0.5) is 0 Å². The topological polar surface area (TPSA) is 55.8 Å². The fourth-order valence-electron chi connectivity index (χ4n) is 4.47. The van der Waals surface area contributed by atoms with Gasteiger partial charge in [0.1, 0.15) is 6.10 Å². The number of aliphatic hydroxyl groups is 1. The molecule has 0 amide bonds. The maximum atomic E-state index is 11.5. The second-order valence-corrected chi connectivity index (χ2v) is 15.3. The van der Waals surface area contributed by atoms with Gasteiger partial charge in [-0.2, -0.15) is 0 Å². The molecule has 1 N–H and O–H groups in total. The van der Waals surface area contributed by atoms with Crippen molar-refractivity contribution in [3.05, 3.63) is 0 Å². The Bertz CT molecular complexity index is 485. The first-order valence-electron chi connectivity index (χ1n) is 11.0. The van der Waals surface area contributed by atoms with Crippen molar-refractivity contribution in [2.75, 3.05) is 6.61 Å². The Morgan fingerprint density at radius 2 is 1.93 bits per heavy atom. The summed E-state index contributed by atoms with van der Waals surface area (Å²) in [6.07, 6.45) is 7.56. The minimum atomic E-state index is -1.62. The zero-order chi connectivity index (χ0) is 20.2. The van der Waals surface area contributed by atoms with E-state index in [-0.39, 0.29) is 23.2 Å². The number of esters is 1. The number of unbranched alkanes of at least 4 members (excludes halogenated alkanes) is 2. The van der Waals surface area contributed by atoms with E-state index in [1.165, 1.54) is 0 Å². The fraction of sp³-hybridized carbons (Fsp3) is 0.955. The Hall–Kier alpha value is -0.393. The van der Waals surface area contributed by atoms with Crippen LogP contribution in [-0.4, -0.2) is 38.2 Å². The van der Waals surface area contributed by atoms with Crippen molar-refractivity contribution in [2.24, 2.45) is 17.8 Å². The molecule has 0 aromatic carbocycles. The molecular weight excluding hydrogens is 356 g/mol. The molecule has 5 heteroatoms. The first kappa shape index (κ1) is 22.9. The maximum absolute atomic E-state index is 11.5. The molecule has 2 rings (SSSR count). The Labute approximate surface area is 167 Å². The predicted molar refractivity (Wildman–Crippen MR) is 112 cm³/mol. The van der Waals surface area contributed by atoms with Crippen LogP contribution in [0.3, 0.4) is 0 Å². The molecule has 1 aliphatic heterocycles. The van der Waals surface area contributed by atoms with Gasteiger partial charge in [-0.3, -0.25) is 4.79 Å². The van der Waals surface area contributed by atoms with Gasteiger partial charge < -0.3 is 14.3 Å². The fourth-order valence-corrected chi connectivity index (χ4v) is 5.56. The standard InChI is InChI=1S/C22H42O4Si/c1-16-14-20-19(15-21(24)26-20)18(16)12-11-17(23)10-8-7-9-13-25-27(5,6)22(2,3)4/h16-20,23H,7-15H2,1-6H3/t16-,17?,18+,19-,20+/m1/s1. The molecule has 1 unspecified atom stereocenters. The van der Waals surface area contributed by atoms with Crippen molar-refractivity contribution in [1.29, 1.82) is 0 Å². The smallest absolute Gasteiger partial charge is 0.306 e. The van der Waals surface area contributed by atoms with Gasteiger partial charge in [0.15, 0.2) is 8.32 Å². The van der Waals surface area contributed by atoms with Gasteiger partial charge in [0.25, 0.3) is 0 Å². The maximum Gasteiger partial charge on any atom is 0.306 e. The van der Waals surface area contributed by atoms with Crippen molar-refractivity contribution in [1.82, 2.24) is 0 Å². The zero-order valence-corrected chi connectivity index (χ0v) is 19.4. The van der Waals surface area contributed by atoms with E-state index in [0.29, 0.717) is 24.2 Å². The van der Waals surface area contributed by atoms with Crippen LogP contribution >= 0.6 is 0 Å². The Morgan fingerprint density at radius 1 is 1.22 bits per heavy atom. The van der Waals surface area contributed by atoms with Gasteiger partial charge in [-0.05, 0) is 62.1 Å². The van der Waals surface area contributed by atoms with E-state index in [9.17, 15) is 9.90 Å². The lowest BCUT2D eigenvalue weighted by atomic mass is 9.84.